The Kier molecular flexibility index (Phi) is 4.95. The smallest absolute Gasteiger partial charge is 0.440 e. The van der Waals surface area contributed by atoms with E-state index in [4.69, 9.17) is 26.0 Å². The number of ether oxygens (including phenoxy) is 2. The first kappa shape index (κ1) is 17.8. The molecular formula is C8H15N2O10P. The van der Waals surface area contributed by atoms with Crippen molar-refractivity contribution in [2.24, 2.45) is 11.5 Å². The van der Waals surface area contributed by atoms with Crippen LogP contribution in [0.5, 0.6) is 0 Å². The Balaban J connectivity index is 3.15. The first-order valence-corrected chi connectivity index (χ1v) is 6.94. The quantitative estimate of drug-likeness (QED) is 0.285. The van der Waals surface area contributed by atoms with Gasteiger partial charge in [-0.15, -0.1) is 0 Å². The molecule has 0 radical (unpaired) electrons. The predicted molar refractivity (Wildman–Crippen MR) is 62.1 cm³/mol. The summed E-state index contributed by atoms with van der Waals surface area (Å²) in [5, 5.41) is 20.0. The minimum absolute atomic E-state index is 0.951. The van der Waals surface area contributed by atoms with Gasteiger partial charge in [0.2, 0.25) is 5.91 Å². The van der Waals surface area contributed by atoms with Crippen LogP contribution in [0.25, 0.3) is 0 Å². The van der Waals surface area contributed by atoms with Gasteiger partial charge in [0.25, 0.3) is 0 Å². The molecule has 1 aliphatic heterocycles. The summed E-state index contributed by atoms with van der Waals surface area (Å²) in [7, 11) is -5.12. The second kappa shape index (κ2) is 5.85. The van der Waals surface area contributed by atoms with Crippen molar-refractivity contribution in [2.75, 3.05) is 0 Å². The van der Waals surface area contributed by atoms with Gasteiger partial charge >= 0.3 is 13.9 Å². The molecule has 8 N–H and O–H groups in total. The SMILES string of the molecule is C[C@@]1(O)[C@@H](C(N)=O)O[C@H](OP(=O)(O)O)[C@H](O)[C@H]1OC(N)=O. The maximum Gasteiger partial charge on any atom is 0.472 e. The van der Waals surface area contributed by atoms with Crippen molar-refractivity contribution in [3.63, 3.8) is 0 Å². The zero-order chi connectivity index (χ0) is 16.6. The molecule has 0 spiro atoms. The van der Waals surface area contributed by atoms with Crippen LogP contribution in [0.15, 0.2) is 0 Å². The van der Waals surface area contributed by atoms with Crippen LogP contribution in [0, 0.1) is 0 Å². The molecule has 5 atom stereocenters. The highest BCUT2D eigenvalue weighted by atomic mass is 31.2. The Hall–Kier alpha value is -1.27. The van der Waals surface area contributed by atoms with Gasteiger partial charge in [0, 0.05) is 0 Å². The molecular weight excluding hydrogens is 315 g/mol. The maximum absolute atomic E-state index is 11.3. The number of hydrogen-bond donors (Lipinski definition) is 6. The topological polar surface area (TPSA) is 212 Å². The molecule has 1 fully saturated rings. The van der Waals surface area contributed by atoms with E-state index in [0.29, 0.717) is 0 Å². The number of carbonyl (C=O) groups excluding carboxylic acids is 2. The average Bonchev–Trinajstić information content (AvgIpc) is 2.26. The van der Waals surface area contributed by atoms with Crippen molar-refractivity contribution in [3.05, 3.63) is 0 Å². The molecule has 0 aromatic rings. The fourth-order valence-corrected chi connectivity index (χ4v) is 2.33. The first-order chi connectivity index (χ1) is 9.36. The van der Waals surface area contributed by atoms with Crippen LogP contribution in [0.1, 0.15) is 6.92 Å². The molecule has 0 bridgehead atoms. The zero-order valence-electron chi connectivity index (χ0n) is 10.6. The summed E-state index contributed by atoms with van der Waals surface area (Å²) in [6.07, 6.45) is -9.32. The first-order valence-electron chi connectivity index (χ1n) is 5.41. The zero-order valence-corrected chi connectivity index (χ0v) is 11.5. The van der Waals surface area contributed by atoms with Crippen LogP contribution in [0.2, 0.25) is 0 Å². The molecule has 0 aliphatic carbocycles. The van der Waals surface area contributed by atoms with Gasteiger partial charge in [-0.25, -0.2) is 9.36 Å². The van der Waals surface area contributed by atoms with E-state index in [-0.39, 0.29) is 0 Å². The lowest BCUT2D eigenvalue weighted by molar-refractivity contribution is -0.296. The number of phosphoric acid groups is 1. The summed E-state index contributed by atoms with van der Waals surface area (Å²) >= 11 is 0. The van der Waals surface area contributed by atoms with Gasteiger partial charge in [-0.2, -0.15) is 0 Å². The van der Waals surface area contributed by atoms with Crippen molar-refractivity contribution in [3.8, 4) is 0 Å². The second-order valence-corrected chi connectivity index (χ2v) is 5.65. The van der Waals surface area contributed by atoms with E-state index in [9.17, 15) is 24.4 Å². The summed E-state index contributed by atoms with van der Waals surface area (Å²) in [5.74, 6) is -1.25. The number of aliphatic hydroxyl groups is 2. The van der Waals surface area contributed by atoms with Crippen molar-refractivity contribution in [1.82, 2.24) is 0 Å². The molecule has 13 heteroatoms. The van der Waals surface area contributed by atoms with Gasteiger partial charge in [-0.1, -0.05) is 0 Å². The van der Waals surface area contributed by atoms with E-state index in [1.807, 2.05) is 0 Å². The van der Waals surface area contributed by atoms with Gasteiger partial charge < -0.3 is 40.9 Å². The number of nitrogens with two attached hydrogens (primary N) is 2. The third-order valence-electron chi connectivity index (χ3n) is 2.71. The molecule has 0 aromatic carbocycles. The number of rotatable bonds is 4. The summed E-state index contributed by atoms with van der Waals surface area (Å²) in [4.78, 5) is 39.4. The Morgan fingerprint density at radius 3 is 2.24 bits per heavy atom. The van der Waals surface area contributed by atoms with Crippen molar-refractivity contribution in [1.29, 1.82) is 0 Å². The molecule has 21 heavy (non-hydrogen) atoms. The number of carbonyl (C=O) groups is 2. The third-order valence-corrected chi connectivity index (χ3v) is 3.19. The van der Waals surface area contributed by atoms with Crippen molar-refractivity contribution < 1.29 is 48.2 Å². The number of phosphoric ester groups is 1. The van der Waals surface area contributed by atoms with Gasteiger partial charge in [0.05, 0.1) is 0 Å². The number of amides is 2. The number of hydrogen-bond acceptors (Lipinski definition) is 8. The van der Waals surface area contributed by atoms with E-state index >= 15 is 0 Å². The third kappa shape index (κ3) is 4.11. The van der Waals surface area contributed by atoms with Crippen LogP contribution < -0.4 is 11.5 Å². The molecule has 12 nitrogen and oxygen atoms in total. The molecule has 122 valence electrons. The fourth-order valence-electron chi connectivity index (χ4n) is 1.88. The summed E-state index contributed by atoms with van der Waals surface area (Å²) in [6.45, 7) is 0.951. The van der Waals surface area contributed by atoms with Crippen LogP contribution in [-0.4, -0.2) is 62.2 Å². The van der Waals surface area contributed by atoms with Crippen LogP contribution in [-0.2, 0) is 23.4 Å². The Bertz CT molecular complexity index is 476. The molecule has 0 aromatic heterocycles. The number of primary amides is 2. The Morgan fingerprint density at radius 1 is 1.33 bits per heavy atom. The van der Waals surface area contributed by atoms with Gasteiger partial charge in [-0.3, -0.25) is 9.32 Å². The molecule has 1 rings (SSSR count). The van der Waals surface area contributed by atoms with Gasteiger partial charge in [-0.05, 0) is 6.92 Å². The summed E-state index contributed by atoms with van der Waals surface area (Å²) < 4.78 is 24.1. The molecule has 1 heterocycles. The fraction of sp³-hybridized carbons (Fsp3) is 0.750. The van der Waals surface area contributed by atoms with Crippen LogP contribution in [0.3, 0.4) is 0 Å². The highest BCUT2D eigenvalue weighted by Gasteiger charge is 2.58. The minimum Gasteiger partial charge on any atom is -0.440 e. The van der Waals surface area contributed by atoms with E-state index < -0.39 is 50.0 Å². The lowest BCUT2D eigenvalue weighted by atomic mass is 9.85. The largest absolute Gasteiger partial charge is 0.472 e. The van der Waals surface area contributed by atoms with E-state index in [1.165, 1.54) is 0 Å². The van der Waals surface area contributed by atoms with E-state index in [0.717, 1.165) is 6.92 Å². The van der Waals surface area contributed by atoms with E-state index in [1.54, 1.807) is 0 Å². The van der Waals surface area contributed by atoms with E-state index in [2.05, 4.69) is 9.26 Å². The van der Waals surface area contributed by atoms with Crippen molar-refractivity contribution in [2.45, 2.75) is 37.1 Å². The molecule has 1 saturated heterocycles. The lowest BCUT2D eigenvalue weighted by Gasteiger charge is -2.46. The summed E-state index contributed by atoms with van der Waals surface area (Å²) in [6, 6.07) is 0. The second-order valence-electron chi connectivity index (χ2n) is 4.46. The standard InChI is InChI=1S/C8H15N2O10P/c1-8(14)3(19-7(10)13)2(11)6(20-21(15,16)17)18-4(8)5(9)12/h2-4,6,11,14H,1H3,(H2,9,12)(H2,10,13)(H2,15,16,17)/t2-,3-,4-,6-,8+/m1/s1. The highest BCUT2D eigenvalue weighted by molar-refractivity contribution is 7.46. The van der Waals surface area contributed by atoms with Crippen molar-refractivity contribution >= 4 is 19.8 Å². The Morgan fingerprint density at radius 2 is 1.86 bits per heavy atom. The molecule has 0 unspecified atom stereocenters. The predicted octanol–water partition coefficient (Wildman–Crippen LogP) is -3.12. The van der Waals surface area contributed by atoms with Crippen LogP contribution in [0.4, 0.5) is 4.79 Å². The normalized spacial score (nSPS) is 37.0. The van der Waals surface area contributed by atoms with Crippen LogP contribution >= 0.6 is 7.82 Å². The lowest BCUT2D eigenvalue weighted by Crippen LogP contribution is -2.69. The maximum atomic E-state index is 11.3. The molecule has 0 saturated carbocycles. The van der Waals surface area contributed by atoms with Gasteiger partial charge in [0.15, 0.2) is 18.5 Å². The highest BCUT2D eigenvalue weighted by Crippen LogP contribution is 2.42. The monoisotopic (exact) mass is 330 g/mol. The van der Waals surface area contributed by atoms with Gasteiger partial charge in [0.1, 0.15) is 11.7 Å². The Labute approximate surface area is 117 Å². The number of aliphatic hydroxyl groups excluding tert-OH is 1. The summed E-state index contributed by atoms with van der Waals surface area (Å²) in [5.41, 5.74) is 7.44. The minimum atomic E-state index is -5.12. The molecule has 2 amide bonds. The average molecular weight is 330 g/mol. The molecule has 1 aliphatic rings.